The number of nitro groups is 1. The number of nitro benzene ring substituents is 1. The van der Waals surface area contributed by atoms with Gasteiger partial charge in [0.2, 0.25) is 0 Å². The van der Waals surface area contributed by atoms with Gasteiger partial charge in [0, 0.05) is 49.2 Å². The number of rotatable bonds is 9. The smallest absolute Gasteiger partial charge is 0.343 e. The molecule has 13 heteroatoms. The van der Waals surface area contributed by atoms with Crippen LogP contribution in [0.1, 0.15) is 33.3 Å². The number of amides is 1. The fourth-order valence-electron chi connectivity index (χ4n) is 4.41. The Kier molecular flexibility index (Phi) is 9.43. The van der Waals surface area contributed by atoms with Crippen LogP contribution >= 0.6 is 43.5 Å². The lowest BCUT2D eigenvalue weighted by atomic mass is 10.0. The van der Waals surface area contributed by atoms with E-state index >= 15 is 0 Å². The average Bonchev–Trinajstić information content (AvgIpc) is 3.38. The van der Waals surface area contributed by atoms with E-state index in [0.29, 0.717) is 48.5 Å². The van der Waals surface area contributed by atoms with Crippen molar-refractivity contribution in [2.75, 3.05) is 6.61 Å². The number of hydrogen-bond acceptors (Lipinski definition) is 7. The van der Waals surface area contributed by atoms with Crippen LogP contribution in [0.25, 0.3) is 22.0 Å². The first-order valence-corrected chi connectivity index (χ1v) is 14.9. The van der Waals surface area contributed by atoms with Gasteiger partial charge in [-0.05, 0) is 71.4 Å². The van der Waals surface area contributed by atoms with Gasteiger partial charge in [-0.3, -0.25) is 14.9 Å². The van der Waals surface area contributed by atoms with Gasteiger partial charge >= 0.3 is 5.97 Å². The molecule has 0 fully saturated rings. The van der Waals surface area contributed by atoms with Gasteiger partial charge in [-0.1, -0.05) is 45.7 Å². The standard InChI is InChI=1S/C31H21Br2ClN4O6/c1-2-43-21-11-12-26-23(15-21)27(22-5-3-4-6-25(22)34)28(36-26)30(39)37-35-16-18-13-19(32)14-24(33)29(18)44-31(40)17-7-9-20(10-8-17)38(41)42/h3-16,36H,2H2,1H3,(H,37,39). The van der Waals surface area contributed by atoms with Crippen LogP contribution < -0.4 is 14.9 Å². The van der Waals surface area contributed by atoms with Crippen LogP contribution in [0.2, 0.25) is 5.02 Å². The number of hydrazone groups is 1. The zero-order chi connectivity index (χ0) is 31.4. The van der Waals surface area contributed by atoms with E-state index in [4.69, 9.17) is 21.1 Å². The number of aromatic nitrogens is 1. The topological polar surface area (TPSA) is 136 Å². The Labute approximate surface area is 272 Å². The molecule has 2 N–H and O–H groups in total. The number of H-pyrrole nitrogens is 1. The summed E-state index contributed by atoms with van der Waals surface area (Å²) < 4.78 is 12.4. The number of ether oxygens (including phenoxy) is 2. The van der Waals surface area contributed by atoms with E-state index in [1.54, 1.807) is 24.3 Å². The molecule has 0 aliphatic rings. The molecule has 5 aromatic rings. The van der Waals surface area contributed by atoms with Crippen molar-refractivity contribution >= 4 is 78.1 Å². The summed E-state index contributed by atoms with van der Waals surface area (Å²) in [6, 6.07) is 21.0. The molecule has 1 aromatic heterocycles. The molecule has 0 spiro atoms. The van der Waals surface area contributed by atoms with Crippen molar-refractivity contribution < 1.29 is 24.0 Å². The third kappa shape index (κ3) is 6.67. The van der Waals surface area contributed by atoms with E-state index in [0.717, 1.165) is 5.39 Å². The molecule has 0 aliphatic carbocycles. The zero-order valence-corrected chi connectivity index (χ0v) is 26.7. The fraction of sp³-hybridized carbons (Fsp3) is 0.0645. The Balaban J connectivity index is 1.44. The van der Waals surface area contributed by atoms with E-state index in [1.165, 1.54) is 30.5 Å². The number of carbonyl (C=O) groups is 2. The number of aromatic amines is 1. The third-order valence-corrected chi connectivity index (χ3v) is 7.74. The lowest BCUT2D eigenvalue weighted by Gasteiger charge is -2.11. The first-order valence-electron chi connectivity index (χ1n) is 13.0. The monoisotopic (exact) mass is 738 g/mol. The van der Waals surface area contributed by atoms with Crippen molar-refractivity contribution in [1.29, 1.82) is 0 Å². The highest BCUT2D eigenvalue weighted by atomic mass is 79.9. The van der Waals surface area contributed by atoms with Crippen LogP contribution in [-0.2, 0) is 0 Å². The molecule has 4 aromatic carbocycles. The van der Waals surface area contributed by atoms with Gasteiger partial charge < -0.3 is 14.5 Å². The molecule has 5 rings (SSSR count). The van der Waals surface area contributed by atoms with Crippen molar-refractivity contribution in [1.82, 2.24) is 10.4 Å². The van der Waals surface area contributed by atoms with Gasteiger partial charge in [0.25, 0.3) is 11.6 Å². The number of hydrogen-bond donors (Lipinski definition) is 2. The predicted octanol–water partition coefficient (Wildman–Crippen LogP) is 8.30. The Morgan fingerprint density at radius 2 is 1.82 bits per heavy atom. The van der Waals surface area contributed by atoms with Crippen molar-refractivity contribution in [3.05, 3.63) is 120 Å². The van der Waals surface area contributed by atoms with Crippen LogP contribution in [0.15, 0.2) is 92.9 Å². The number of non-ortho nitro benzene ring substituents is 1. The van der Waals surface area contributed by atoms with Crippen LogP contribution in [0, 0.1) is 10.1 Å². The van der Waals surface area contributed by atoms with Crippen molar-refractivity contribution in [3.63, 3.8) is 0 Å². The molecular formula is C31H21Br2ClN4O6. The Morgan fingerprint density at radius 3 is 2.52 bits per heavy atom. The normalized spacial score (nSPS) is 11.1. The average molecular weight is 741 g/mol. The Bertz CT molecular complexity index is 1940. The second-order valence-corrected chi connectivity index (χ2v) is 11.4. The van der Waals surface area contributed by atoms with E-state index in [2.05, 4.69) is 47.4 Å². The third-order valence-electron chi connectivity index (χ3n) is 6.37. The highest BCUT2D eigenvalue weighted by Crippen LogP contribution is 2.38. The molecule has 222 valence electrons. The quantitative estimate of drug-likeness (QED) is 0.0513. The minimum Gasteiger partial charge on any atom is -0.494 e. The van der Waals surface area contributed by atoms with Crippen LogP contribution in [-0.4, -0.2) is 34.6 Å². The molecule has 1 amide bonds. The van der Waals surface area contributed by atoms with E-state index in [1.807, 2.05) is 37.3 Å². The second-order valence-electron chi connectivity index (χ2n) is 9.19. The summed E-state index contributed by atoms with van der Waals surface area (Å²) in [6.45, 7) is 2.37. The van der Waals surface area contributed by atoms with Crippen molar-refractivity contribution in [2.24, 2.45) is 5.10 Å². The van der Waals surface area contributed by atoms with Gasteiger partial charge in [0.1, 0.15) is 11.4 Å². The summed E-state index contributed by atoms with van der Waals surface area (Å²) in [4.78, 5) is 39.9. The number of benzene rings is 4. The molecular weight excluding hydrogens is 720 g/mol. The van der Waals surface area contributed by atoms with Gasteiger partial charge in [-0.2, -0.15) is 5.10 Å². The van der Waals surface area contributed by atoms with Crippen molar-refractivity contribution in [3.8, 4) is 22.6 Å². The molecule has 1 heterocycles. The second kappa shape index (κ2) is 13.4. The summed E-state index contributed by atoms with van der Waals surface area (Å²) >= 11 is 13.3. The number of nitrogens with zero attached hydrogens (tertiary/aromatic N) is 2. The van der Waals surface area contributed by atoms with Crippen LogP contribution in [0.5, 0.6) is 11.5 Å². The maximum atomic E-state index is 13.5. The maximum Gasteiger partial charge on any atom is 0.343 e. The van der Waals surface area contributed by atoms with Gasteiger partial charge in [0.15, 0.2) is 5.75 Å². The SMILES string of the molecule is CCOc1ccc2[nH]c(C(=O)NN=Cc3cc(Br)cc(Br)c3OC(=O)c3ccc([N+](=O)[O-])cc3)c(-c3ccccc3Cl)c2c1. The molecule has 44 heavy (non-hydrogen) atoms. The molecule has 0 saturated carbocycles. The Hall–Kier alpha value is -4.52. The summed E-state index contributed by atoms with van der Waals surface area (Å²) in [5, 5.41) is 16.3. The number of esters is 1. The number of nitrogens with one attached hydrogen (secondary N) is 2. The molecule has 0 unspecified atom stereocenters. The van der Waals surface area contributed by atoms with Crippen LogP contribution in [0.4, 0.5) is 5.69 Å². The summed E-state index contributed by atoms with van der Waals surface area (Å²) in [5.41, 5.74) is 5.02. The molecule has 10 nitrogen and oxygen atoms in total. The summed E-state index contributed by atoms with van der Waals surface area (Å²) in [7, 11) is 0. The number of carbonyl (C=O) groups excluding carboxylic acids is 2. The molecule has 0 aliphatic heterocycles. The summed E-state index contributed by atoms with van der Waals surface area (Å²) in [6.07, 6.45) is 1.33. The Morgan fingerprint density at radius 1 is 1.07 bits per heavy atom. The highest BCUT2D eigenvalue weighted by Gasteiger charge is 2.22. The first-order chi connectivity index (χ1) is 21.2. The number of halogens is 3. The summed E-state index contributed by atoms with van der Waals surface area (Å²) in [5.74, 6) is -0.506. The maximum absolute atomic E-state index is 13.5. The molecule has 0 saturated heterocycles. The van der Waals surface area contributed by atoms with Gasteiger partial charge in [-0.25, -0.2) is 10.2 Å². The van der Waals surface area contributed by atoms with Crippen molar-refractivity contribution in [2.45, 2.75) is 6.92 Å². The van der Waals surface area contributed by atoms with E-state index in [-0.39, 0.29) is 22.7 Å². The molecule has 0 radical (unpaired) electrons. The van der Waals surface area contributed by atoms with Crippen LogP contribution in [0.3, 0.4) is 0 Å². The van der Waals surface area contributed by atoms with Gasteiger partial charge in [-0.15, -0.1) is 0 Å². The minimum atomic E-state index is -0.740. The first kappa shape index (κ1) is 30.9. The largest absolute Gasteiger partial charge is 0.494 e. The van der Waals surface area contributed by atoms with E-state index in [9.17, 15) is 19.7 Å². The lowest BCUT2D eigenvalue weighted by Crippen LogP contribution is -2.19. The predicted molar refractivity (Wildman–Crippen MR) is 175 cm³/mol. The molecule has 0 bridgehead atoms. The number of fused-ring (bicyclic) bond motifs is 1. The van der Waals surface area contributed by atoms with E-state index < -0.39 is 16.8 Å². The lowest BCUT2D eigenvalue weighted by molar-refractivity contribution is -0.384. The fourth-order valence-corrected chi connectivity index (χ4v) is 5.98. The van der Waals surface area contributed by atoms with Gasteiger partial charge in [0.05, 0.1) is 27.8 Å². The molecule has 0 atom stereocenters. The minimum absolute atomic E-state index is 0.111. The zero-order valence-electron chi connectivity index (χ0n) is 22.8. The highest BCUT2D eigenvalue weighted by molar-refractivity contribution is 9.11.